The van der Waals surface area contributed by atoms with Crippen molar-refractivity contribution in [1.82, 2.24) is 0 Å². The minimum Gasteiger partial charge on any atom is -0.237 e. The Hall–Kier alpha value is -0.440. The molecule has 0 spiro atoms. The molecule has 0 amide bonds. The molecule has 0 aromatic heterocycles. The number of hydrogen-bond donors (Lipinski definition) is 0. The minimum absolute atomic E-state index is 0.795. The van der Waals surface area contributed by atoms with Gasteiger partial charge in [-0.15, -0.1) is 0 Å². The van der Waals surface area contributed by atoms with Crippen molar-refractivity contribution in [3.63, 3.8) is 0 Å². The third-order valence-electron chi connectivity index (χ3n) is 1.19. The highest BCUT2D eigenvalue weighted by atomic mass is 35.5. The second-order valence-electron chi connectivity index (χ2n) is 1.92. The van der Waals surface area contributed by atoms with E-state index in [0.717, 1.165) is 18.2 Å². The third-order valence-corrected chi connectivity index (χ3v) is 1.58. The molecule has 0 heterocycles. The van der Waals surface area contributed by atoms with Gasteiger partial charge in [-0.1, -0.05) is 17.7 Å². The molecule has 0 aliphatic heterocycles. The summed E-state index contributed by atoms with van der Waals surface area (Å²) in [5.74, 6) is -1.29. The normalized spacial score (nSPS) is 39.6. The standard InChI is InChI=1S/C6H4ClF3/c7-6(10)4(8)2-1-3-5(6)9/h1-4H. The molecule has 2 unspecified atom stereocenters. The molecule has 10 heavy (non-hydrogen) atoms. The molecule has 1 aliphatic carbocycles. The number of alkyl halides is 3. The molecule has 0 saturated heterocycles. The highest BCUT2D eigenvalue weighted by Gasteiger charge is 2.42. The molecule has 0 radical (unpaired) electrons. The Morgan fingerprint density at radius 2 is 2.20 bits per heavy atom. The molecule has 0 aromatic carbocycles. The minimum atomic E-state index is -2.99. The van der Waals surface area contributed by atoms with Gasteiger partial charge in [0.2, 0.25) is 0 Å². The van der Waals surface area contributed by atoms with Gasteiger partial charge in [-0.3, -0.25) is 0 Å². The first kappa shape index (κ1) is 7.66. The van der Waals surface area contributed by atoms with Gasteiger partial charge in [0.15, 0.2) is 12.0 Å². The van der Waals surface area contributed by atoms with Gasteiger partial charge < -0.3 is 0 Å². The quantitative estimate of drug-likeness (QED) is 0.488. The molecular weight excluding hydrogens is 165 g/mol. The summed E-state index contributed by atoms with van der Waals surface area (Å²) in [6, 6.07) is 0. The van der Waals surface area contributed by atoms with Gasteiger partial charge in [0.25, 0.3) is 5.13 Å². The van der Waals surface area contributed by atoms with Crippen molar-refractivity contribution in [3.05, 3.63) is 24.1 Å². The van der Waals surface area contributed by atoms with Crippen LogP contribution in [0.4, 0.5) is 13.2 Å². The first-order valence-corrected chi connectivity index (χ1v) is 2.99. The van der Waals surface area contributed by atoms with Gasteiger partial charge >= 0.3 is 0 Å². The lowest BCUT2D eigenvalue weighted by atomic mass is 10.1. The van der Waals surface area contributed by atoms with Crippen LogP contribution in [0.25, 0.3) is 0 Å². The fourth-order valence-corrected chi connectivity index (χ4v) is 0.737. The van der Waals surface area contributed by atoms with Crippen molar-refractivity contribution >= 4 is 11.6 Å². The van der Waals surface area contributed by atoms with Crippen molar-refractivity contribution in [2.75, 3.05) is 0 Å². The van der Waals surface area contributed by atoms with E-state index in [1.807, 2.05) is 0 Å². The fraction of sp³-hybridized carbons (Fsp3) is 0.333. The lowest BCUT2D eigenvalue weighted by molar-refractivity contribution is 0.167. The summed E-state index contributed by atoms with van der Waals surface area (Å²) in [5.41, 5.74) is 0. The van der Waals surface area contributed by atoms with Crippen LogP contribution in [0.1, 0.15) is 0 Å². The average molecular weight is 169 g/mol. The molecule has 0 fully saturated rings. The van der Waals surface area contributed by atoms with Gasteiger partial charge in [-0.2, -0.15) is 0 Å². The first-order chi connectivity index (χ1) is 4.55. The Labute approximate surface area is 61.0 Å². The van der Waals surface area contributed by atoms with Gasteiger partial charge in [0.05, 0.1) is 0 Å². The van der Waals surface area contributed by atoms with Crippen LogP contribution in [-0.4, -0.2) is 11.3 Å². The Balaban J connectivity index is 2.93. The van der Waals surface area contributed by atoms with Crippen LogP contribution in [0.5, 0.6) is 0 Å². The Morgan fingerprint density at radius 3 is 2.60 bits per heavy atom. The van der Waals surface area contributed by atoms with Gasteiger partial charge in [-0.25, -0.2) is 13.2 Å². The summed E-state index contributed by atoms with van der Waals surface area (Å²) in [6.07, 6.45) is 0.637. The van der Waals surface area contributed by atoms with E-state index >= 15 is 0 Å². The van der Waals surface area contributed by atoms with Crippen LogP contribution < -0.4 is 0 Å². The Morgan fingerprint density at radius 1 is 1.60 bits per heavy atom. The maximum Gasteiger partial charge on any atom is 0.269 e. The lowest BCUT2D eigenvalue weighted by Crippen LogP contribution is -2.29. The van der Waals surface area contributed by atoms with Crippen LogP contribution in [0, 0.1) is 0 Å². The number of halogens is 4. The number of allylic oxidation sites excluding steroid dienone is 4. The summed E-state index contributed by atoms with van der Waals surface area (Å²) >= 11 is 4.84. The van der Waals surface area contributed by atoms with Crippen molar-refractivity contribution < 1.29 is 13.2 Å². The summed E-state index contributed by atoms with van der Waals surface area (Å²) in [5, 5.41) is -2.99. The van der Waals surface area contributed by atoms with Crippen molar-refractivity contribution in [1.29, 1.82) is 0 Å². The molecule has 0 bridgehead atoms. The predicted octanol–water partition coefficient (Wildman–Crippen LogP) is 2.65. The van der Waals surface area contributed by atoms with E-state index in [4.69, 9.17) is 11.6 Å². The van der Waals surface area contributed by atoms with Gasteiger partial charge in [-0.05, 0) is 12.2 Å². The topological polar surface area (TPSA) is 0 Å². The second kappa shape index (κ2) is 2.31. The smallest absolute Gasteiger partial charge is 0.237 e. The highest BCUT2D eigenvalue weighted by molar-refractivity contribution is 6.25. The van der Waals surface area contributed by atoms with E-state index in [-0.39, 0.29) is 0 Å². The van der Waals surface area contributed by atoms with Gasteiger partial charge in [0.1, 0.15) is 0 Å². The van der Waals surface area contributed by atoms with E-state index in [9.17, 15) is 13.2 Å². The molecule has 2 atom stereocenters. The molecule has 1 rings (SSSR count). The van der Waals surface area contributed by atoms with E-state index in [1.54, 1.807) is 0 Å². The monoisotopic (exact) mass is 168 g/mol. The Bertz CT molecular complexity index is 195. The van der Waals surface area contributed by atoms with Crippen molar-refractivity contribution in [2.45, 2.75) is 11.3 Å². The number of rotatable bonds is 0. The SMILES string of the molecule is FC1=CC=CC(F)C1(F)Cl. The fourth-order valence-electron chi connectivity index (χ4n) is 0.601. The molecular formula is C6H4ClF3. The maximum atomic E-state index is 12.6. The Kier molecular flexibility index (Phi) is 1.77. The van der Waals surface area contributed by atoms with E-state index < -0.39 is 17.1 Å². The largest absolute Gasteiger partial charge is 0.269 e. The van der Waals surface area contributed by atoms with Gasteiger partial charge in [0, 0.05) is 0 Å². The second-order valence-corrected chi connectivity index (χ2v) is 2.47. The molecule has 0 N–H and O–H groups in total. The van der Waals surface area contributed by atoms with Crippen LogP contribution in [0.2, 0.25) is 0 Å². The van der Waals surface area contributed by atoms with E-state index in [1.165, 1.54) is 0 Å². The molecule has 1 aliphatic rings. The molecule has 4 heteroatoms. The lowest BCUT2D eigenvalue weighted by Gasteiger charge is -2.19. The third kappa shape index (κ3) is 1.06. The van der Waals surface area contributed by atoms with Crippen LogP contribution in [-0.2, 0) is 0 Å². The maximum absolute atomic E-state index is 12.6. The molecule has 56 valence electrons. The predicted molar refractivity (Wildman–Crippen MR) is 32.9 cm³/mol. The van der Waals surface area contributed by atoms with Crippen LogP contribution in [0.3, 0.4) is 0 Å². The van der Waals surface area contributed by atoms with E-state index in [0.29, 0.717) is 0 Å². The highest BCUT2D eigenvalue weighted by Crippen LogP contribution is 2.36. The molecule has 0 aromatic rings. The summed E-state index contributed by atoms with van der Waals surface area (Å²) in [6.45, 7) is 0. The zero-order valence-corrected chi connectivity index (χ0v) is 5.58. The average Bonchev–Trinajstić information content (AvgIpc) is 1.84. The first-order valence-electron chi connectivity index (χ1n) is 2.61. The number of hydrogen-bond acceptors (Lipinski definition) is 0. The van der Waals surface area contributed by atoms with Crippen molar-refractivity contribution in [3.8, 4) is 0 Å². The van der Waals surface area contributed by atoms with Crippen LogP contribution in [0.15, 0.2) is 24.1 Å². The van der Waals surface area contributed by atoms with E-state index in [2.05, 4.69) is 0 Å². The molecule has 0 nitrogen and oxygen atoms in total. The van der Waals surface area contributed by atoms with Crippen LogP contribution >= 0.6 is 11.6 Å². The summed E-state index contributed by atoms with van der Waals surface area (Å²) in [7, 11) is 0. The van der Waals surface area contributed by atoms with Crippen molar-refractivity contribution in [2.24, 2.45) is 0 Å². The summed E-state index contributed by atoms with van der Waals surface area (Å²) < 4.78 is 37.2. The zero-order chi connectivity index (χ0) is 7.78. The summed E-state index contributed by atoms with van der Waals surface area (Å²) in [4.78, 5) is 0. The zero-order valence-electron chi connectivity index (χ0n) is 4.82. The molecule has 0 saturated carbocycles.